The van der Waals surface area contributed by atoms with Crippen LogP contribution in [0.5, 0.6) is 0 Å². The summed E-state index contributed by atoms with van der Waals surface area (Å²) in [4.78, 5) is 36.7. The molecule has 1 amide bonds. The molecule has 3 rings (SSSR count). The fourth-order valence-corrected chi connectivity index (χ4v) is 2.81. The van der Waals surface area contributed by atoms with E-state index in [1.165, 1.54) is 6.07 Å². The molecule has 1 fully saturated rings. The van der Waals surface area contributed by atoms with Gasteiger partial charge in [-0.2, -0.15) is 0 Å². The van der Waals surface area contributed by atoms with Gasteiger partial charge in [0.15, 0.2) is 0 Å². The summed E-state index contributed by atoms with van der Waals surface area (Å²) in [7, 11) is 0. The lowest BCUT2D eigenvalue weighted by molar-refractivity contribution is -0.139. The third-order valence-corrected chi connectivity index (χ3v) is 4.00. The van der Waals surface area contributed by atoms with Crippen LogP contribution in [-0.2, 0) is 16.1 Å². The number of carbonyl (C=O) groups excluding carboxylic acids is 1. The van der Waals surface area contributed by atoms with Crippen LogP contribution in [0.15, 0.2) is 29.6 Å². The number of morpholine rings is 1. The van der Waals surface area contributed by atoms with Crippen LogP contribution in [0.4, 0.5) is 0 Å². The summed E-state index contributed by atoms with van der Waals surface area (Å²) in [6.07, 6.45) is 6.25. The average Bonchev–Trinajstić information content (AvgIpc) is 3.07. The molecule has 128 valence electrons. The molecule has 3 heterocycles. The van der Waals surface area contributed by atoms with Crippen LogP contribution in [0.3, 0.4) is 0 Å². The number of imidazole rings is 1. The van der Waals surface area contributed by atoms with E-state index in [1.54, 1.807) is 24.3 Å². The summed E-state index contributed by atoms with van der Waals surface area (Å²) in [5.74, 6) is 0.648. The Morgan fingerprint density at radius 3 is 3.12 bits per heavy atom. The van der Waals surface area contributed by atoms with E-state index in [9.17, 15) is 9.59 Å². The maximum Gasteiger partial charge on any atom is 0.251 e. The minimum atomic E-state index is -0.350. The van der Waals surface area contributed by atoms with E-state index >= 15 is 0 Å². The molecule has 8 nitrogen and oxygen atoms in total. The molecule has 0 radical (unpaired) electrons. The Morgan fingerprint density at radius 2 is 2.38 bits per heavy atom. The van der Waals surface area contributed by atoms with Gasteiger partial charge < -0.3 is 19.2 Å². The van der Waals surface area contributed by atoms with Crippen molar-refractivity contribution in [1.82, 2.24) is 24.4 Å². The molecule has 0 spiro atoms. The molecule has 1 N–H and O–H groups in total. The summed E-state index contributed by atoms with van der Waals surface area (Å²) in [5, 5.41) is 0. The van der Waals surface area contributed by atoms with Gasteiger partial charge in [-0.3, -0.25) is 9.59 Å². The number of ether oxygens (including phenoxy) is 1. The first-order valence-electron chi connectivity index (χ1n) is 8.05. The topological polar surface area (TPSA) is 93.1 Å². The van der Waals surface area contributed by atoms with Gasteiger partial charge in [-0.1, -0.05) is 0 Å². The number of hydrogen-bond acceptors (Lipinski definition) is 5. The zero-order valence-electron chi connectivity index (χ0n) is 13.6. The van der Waals surface area contributed by atoms with Crippen molar-refractivity contribution < 1.29 is 9.53 Å². The van der Waals surface area contributed by atoms with Crippen LogP contribution >= 0.6 is 0 Å². The average molecular weight is 331 g/mol. The van der Waals surface area contributed by atoms with Crippen molar-refractivity contribution in [1.29, 1.82) is 0 Å². The summed E-state index contributed by atoms with van der Waals surface area (Å²) >= 11 is 0. The highest BCUT2D eigenvalue weighted by Gasteiger charge is 2.26. The molecule has 0 aliphatic carbocycles. The summed E-state index contributed by atoms with van der Waals surface area (Å²) in [6.45, 7) is 3.95. The summed E-state index contributed by atoms with van der Waals surface area (Å²) < 4.78 is 7.65. The number of H-pyrrole nitrogens is 1. The van der Waals surface area contributed by atoms with E-state index < -0.39 is 0 Å². The number of rotatable bonds is 5. The molecule has 8 heteroatoms. The van der Waals surface area contributed by atoms with Crippen LogP contribution in [-0.4, -0.2) is 50.0 Å². The van der Waals surface area contributed by atoms with Gasteiger partial charge in [-0.25, -0.2) is 9.97 Å². The molecular weight excluding hydrogens is 310 g/mol. The van der Waals surface area contributed by atoms with E-state index in [-0.39, 0.29) is 17.6 Å². The monoisotopic (exact) mass is 331 g/mol. The fourth-order valence-electron chi connectivity index (χ4n) is 2.81. The molecule has 0 bridgehead atoms. The molecule has 1 atom stereocenters. The lowest BCUT2D eigenvalue weighted by atomic mass is 10.1. The highest BCUT2D eigenvalue weighted by molar-refractivity contribution is 5.76. The van der Waals surface area contributed by atoms with Crippen molar-refractivity contribution in [3.8, 4) is 0 Å². The molecule has 0 unspecified atom stereocenters. The molecule has 2 aromatic heterocycles. The van der Waals surface area contributed by atoms with Gasteiger partial charge in [0.25, 0.3) is 5.56 Å². The summed E-state index contributed by atoms with van der Waals surface area (Å²) in [6, 6.07) is 1.44. The third kappa shape index (κ3) is 4.08. The van der Waals surface area contributed by atoms with Crippen LogP contribution in [0.1, 0.15) is 30.5 Å². The molecule has 1 aliphatic heterocycles. The highest BCUT2D eigenvalue weighted by atomic mass is 16.5. The Kier molecular flexibility index (Phi) is 5.05. The minimum absolute atomic E-state index is 0.102. The van der Waals surface area contributed by atoms with Gasteiger partial charge in [0.2, 0.25) is 5.91 Å². The number of hydrogen-bond donors (Lipinski definition) is 1. The first kappa shape index (κ1) is 16.4. The van der Waals surface area contributed by atoms with Gasteiger partial charge in [-0.15, -0.1) is 0 Å². The molecule has 1 saturated heterocycles. The zero-order chi connectivity index (χ0) is 16.9. The Balaban J connectivity index is 1.56. The molecule has 1 aliphatic rings. The van der Waals surface area contributed by atoms with Gasteiger partial charge >= 0.3 is 0 Å². The lowest BCUT2D eigenvalue weighted by Gasteiger charge is -2.32. The van der Waals surface area contributed by atoms with E-state index in [2.05, 4.69) is 15.0 Å². The Bertz CT molecular complexity index is 740. The maximum absolute atomic E-state index is 12.4. The smallest absolute Gasteiger partial charge is 0.251 e. The first-order valence-corrected chi connectivity index (χ1v) is 8.05. The largest absolute Gasteiger partial charge is 0.368 e. The van der Waals surface area contributed by atoms with E-state index in [0.29, 0.717) is 37.6 Å². The number of carbonyl (C=O) groups is 1. The molecular formula is C16H21N5O3. The Labute approximate surface area is 139 Å². The molecule has 0 saturated carbocycles. The van der Waals surface area contributed by atoms with Gasteiger partial charge in [0.05, 0.1) is 25.2 Å². The van der Waals surface area contributed by atoms with E-state index in [4.69, 9.17) is 4.74 Å². The standard InChI is InChI=1S/C16H21N5O3/c1-12-18-13(9-15(22)19-12)14-10-21(7-8-24-14)16(23)3-2-5-20-6-4-17-11-20/h4,6,9,11,14H,2-3,5,7-8,10H2,1H3,(H,18,19,22)/t14-/m1/s1. The molecule has 0 aromatic carbocycles. The first-order chi connectivity index (χ1) is 11.6. The van der Waals surface area contributed by atoms with Crippen LogP contribution < -0.4 is 5.56 Å². The number of nitrogens with one attached hydrogen (secondary N) is 1. The number of aryl methyl sites for hydroxylation is 2. The second kappa shape index (κ2) is 7.39. The number of amides is 1. The van der Waals surface area contributed by atoms with Gasteiger partial charge in [-0.05, 0) is 13.3 Å². The van der Waals surface area contributed by atoms with Crippen molar-refractivity contribution in [2.75, 3.05) is 19.7 Å². The second-order valence-electron chi connectivity index (χ2n) is 5.86. The van der Waals surface area contributed by atoms with E-state index in [0.717, 1.165) is 13.0 Å². The van der Waals surface area contributed by atoms with Crippen molar-refractivity contribution in [2.45, 2.75) is 32.4 Å². The predicted octanol–water partition coefficient (Wildman–Crippen LogP) is 0.655. The highest BCUT2D eigenvalue weighted by Crippen LogP contribution is 2.20. The maximum atomic E-state index is 12.4. The SMILES string of the molecule is Cc1nc([C@H]2CN(C(=O)CCCn3ccnc3)CCO2)cc(=O)[nH]1. The summed E-state index contributed by atoms with van der Waals surface area (Å²) in [5.41, 5.74) is 0.372. The van der Waals surface area contributed by atoms with Crippen LogP contribution in [0.25, 0.3) is 0 Å². The normalized spacial score (nSPS) is 17.9. The second-order valence-corrected chi connectivity index (χ2v) is 5.86. The van der Waals surface area contributed by atoms with Crippen LogP contribution in [0, 0.1) is 6.92 Å². The molecule has 24 heavy (non-hydrogen) atoms. The number of aromatic amines is 1. The fraction of sp³-hybridized carbons (Fsp3) is 0.500. The van der Waals surface area contributed by atoms with Gasteiger partial charge in [0.1, 0.15) is 11.9 Å². The van der Waals surface area contributed by atoms with E-state index in [1.807, 2.05) is 10.8 Å². The quantitative estimate of drug-likeness (QED) is 0.868. The lowest BCUT2D eigenvalue weighted by Crippen LogP contribution is -2.42. The minimum Gasteiger partial charge on any atom is -0.368 e. The Hall–Kier alpha value is -2.48. The molecule has 2 aromatic rings. The third-order valence-electron chi connectivity index (χ3n) is 4.00. The van der Waals surface area contributed by atoms with Gasteiger partial charge in [0, 0.05) is 38.0 Å². The zero-order valence-corrected chi connectivity index (χ0v) is 13.6. The number of aromatic nitrogens is 4. The van der Waals surface area contributed by atoms with Crippen molar-refractivity contribution >= 4 is 5.91 Å². The number of nitrogens with zero attached hydrogens (tertiary/aromatic N) is 4. The van der Waals surface area contributed by atoms with Crippen LogP contribution in [0.2, 0.25) is 0 Å². The Morgan fingerprint density at radius 1 is 1.50 bits per heavy atom. The predicted molar refractivity (Wildman–Crippen MR) is 86.3 cm³/mol. The van der Waals surface area contributed by atoms with Crippen molar-refractivity contribution in [3.05, 3.63) is 46.7 Å². The van der Waals surface area contributed by atoms with Crippen molar-refractivity contribution in [2.24, 2.45) is 0 Å². The van der Waals surface area contributed by atoms with Crippen molar-refractivity contribution in [3.63, 3.8) is 0 Å².